The molecule has 0 aliphatic carbocycles. The van der Waals surface area contributed by atoms with E-state index in [2.05, 4.69) is 4.98 Å². The lowest BCUT2D eigenvalue weighted by atomic mass is 10.1. The van der Waals surface area contributed by atoms with Crippen LogP contribution in [-0.4, -0.2) is 4.98 Å². The van der Waals surface area contributed by atoms with Crippen molar-refractivity contribution >= 4 is 11.6 Å². The molecule has 0 unspecified atom stereocenters. The molecule has 1 heterocycles. The van der Waals surface area contributed by atoms with Crippen LogP contribution in [0.4, 0.5) is 4.39 Å². The van der Waals surface area contributed by atoms with Gasteiger partial charge in [-0.2, -0.15) is 0 Å². The average Bonchev–Trinajstić information content (AvgIpc) is 2.62. The molecule has 0 radical (unpaired) electrons. The highest BCUT2D eigenvalue weighted by molar-refractivity contribution is 6.31. The molecule has 0 amide bonds. The number of hydrogen-bond acceptors (Lipinski definition) is 0. The first kappa shape index (κ1) is 8.32. The predicted octanol–water partition coefficient (Wildman–Crippen LogP) is 3.47. The second kappa shape index (κ2) is 3.23. The minimum atomic E-state index is -0.383. The van der Waals surface area contributed by atoms with Crippen LogP contribution in [0, 0.1) is 5.82 Å². The van der Waals surface area contributed by atoms with Crippen LogP contribution in [-0.2, 0) is 0 Å². The van der Waals surface area contributed by atoms with Gasteiger partial charge in [0.15, 0.2) is 5.82 Å². The molecular weight excluding hydrogens is 189 g/mol. The highest BCUT2D eigenvalue weighted by atomic mass is 35.5. The van der Waals surface area contributed by atoms with Gasteiger partial charge in [0.2, 0.25) is 0 Å². The van der Waals surface area contributed by atoms with E-state index in [4.69, 9.17) is 11.6 Å². The number of rotatable bonds is 1. The van der Waals surface area contributed by atoms with Gasteiger partial charge in [-0.05, 0) is 24.3 Å². The van der Waals surface area contributed by atoms with Gasteiger partial charge in [-0.3, -0.25) is 0 Å². The van der Waals surface area contributed by atoms with Crippen LogP contribution in [0.5, 0.6) is 0 Å². The molecule has 0 aliphatic rings. The summed E-state index contributed by atoms with van der Waals surface area (Å²) in [6.07, 6.45) is 1.75. The first-order valence-electron chi connectivity index (χ1n) is 3.87. The van der Waals surface area contributed by atoms with Crippen LogP contribution >= 0.6 is 11.6 Å². The van der Waals surface area contributed by atoms with E-state index in [1.54, 1.807) is 24.4 Å². The standard InChI is InChI=1S/C10H7ClFN/c11-8-4-1-3-7(10(8)12)9-5-2-6-13-9/h1-6,13H. The smallest absolute Gasteiger partial charge is 0.151 e. The Labute approximate surface area is 80.2 Å². The fourth-order valence-corrected chi connectivity index (χ4v) is 1.38. The summed E-state index contributed by atoms with van der Waals surface area (Å²) < 4.78 is 13.4. The second-order valence-corrected chi connectivity index (χ2v) is 3.09. The molecule has 13 heavy (non-hydrogen) atoms. The van der Waals surface area contributed by atoms with Gasteiger partial charge in [0, 0.05) is 17.5 Å². The monoisotopic (exact) mass is 195 g/mol. The number of nitrogens with one attached hydrogen (secondary N) is 1. The Morgan fingerprint density at radius 1 is 1.15 bits per heavy atom. The summed E-state index contributed by atoms with van der Waals surface area (Å²) in [6.45, 7) is 0. The lowest BCUT2D eigenvalue weighted by Crippen LogP contribution is -1.84. The quantitative estimate of drug-likeness (QED) is 0.717. The normalized spacial score (nSPS) is 10.3. The largest absolute Gasteiger partial charge is 0.361 e. The lowest BCUT2D eigenvalue weighted by Gasteiger charge is -2.01. The Bertz CT molecular complexity index is 409. The first-order valence-corrected chi connectivity index (χ1v) is 4.24. The highest BCUT2D eigenvalue weighted by Crippen LogP contribution is 2.25. The topological polar surface area (TPSA) is 15.8 Å². The fourth-order valence-electron chi connectivity index (χ4n) is 1.21. The van der Waals surface area contributed by atoms with Crippen molar-refractivity contribution in [3.63, 3.8) is 0 Å². The predicted molar refractivity (Wildman–Crippen MR) is 51.2 cm³/mol. The summed E-state index contributed by atoms with van der Waals surface area (Å²) in [6, 6.07) is 8.56. The van der Waals surface area contributed by atoms with E-state index >= 15 is 0 Å². The molecule has 66 valence electrons. The highest BCUT2D eigenvalue weighted by Gasteiger charge is 2.07. The van der Waals surface area contributed by atoms with Crippen LogP contribution in [0.1, 0.15) is 0 Å². The summed E-state index contributed by atoms with van der Waals surface area (Å²) in [5.74, 6) is -0.383. The van der Waals surface area contributed by atoms with Gasteiger partial charge in [0.1, 0.15) is 0 Å². The van der Waals surface area contributed by atoms with E-state index in [0.717, 1.165) is 5.69 Å². The Morgan fingerprint density at radius 2 is 2.00 bits per heavy atom. The summed E-state index contributed by atoms with van der Waals surface area (Å²) in [7, 11) is 0. The summed E-state index contributed by atoms with van der Waals surface area (Å²) >= 11 is 5.64. The van der Waals surface area contributed by atoms with Crippen molar-refractivity contribution < 1.29 is 4.39 Å². The SMILES string of the molecule is Fc1c(Cl)cccc1-c1ccc[nH]1. The third-order valence-corrected chi connectivity index (χ3v) is 2.13. The molecule has 0 atom stereocenters. The minimum absolute atomic E-state index is 0.145. The summed E-state index contributed by atoms with van der Waals surface area (Å²) in [5, 5.41) is 0.145. The van der Waals surface area contributed by atoms with Gasteiger partial charge >= 0.3 is 0 Å². The third-order valence-electron chi connectivity index (χ3n) is 1.84. The summed E-state index contributed by atoms with van der Waals surface area (Å²) in [4.78, 5) is 2.92. The average molecular weight is 196 g/mol. The maximum atomic E-state index is 13.4. The number of aromatic nitrogens is 1. The van der Waals surface area contributed by atoms with E-state index in [9.17, 15) is 4.39 Å². The molecule has 2 aromatic rings. The summed E-state index contributed by atoms with van der Waals surface area (Å²) in [5.41, 5.74) is 1.23. The lowest BCUT2D eigenvalue weighted by molar-refractivity contribution is 0.631. The number of halogens is 2. The number of H-pyrrole nitrogens is 1. The van der Waals surface area contributed by atoms with E-state index in [1.807, 2.05) is 6.07 Å². The fraction of sp³-hybridized carbons (Fsp3) is 0. The molecule has 0 fully saturated rings. The number of hydrogen-bond donors (Lipinski definition) is 1. The van der Waals surface area contributed by atoms with Crippen molar-refractivity contribution in [1.29, 1.82) is 0 Å². The molecule has 3 heteroatoms. The molecule has 1 nitrogen and oxygen atoms in total. The van der Waals surface area contributed by atoms with Crippen molar-refractivity contribution in [3.05, 3.63) is 47.4 Å². The van der Waals surface area contributed by atoms with Crippen molar-refractivity contribution in [1.82, 2.24) is 4.98 Å². The molecule has 1 aromatic heterocycles. The van der Waals surface area contributed by atoms with Crippen LogP contribution in [0.3, 0.4) is 0 Å². The second-order valence-electron chi connectivity index (χ2n) is 2.69. The maximum absolute atomic E-state index is 13.4. The van der Waals surface area contributed by atoms with Gasteiger partial charge in [-0.15, -0.1) is 0 Å². The van der Waals surface area contributed by atoms with Crippen molar-refractivity contribution in [2.24, 2.45) is 0 Å². The van der Waals surface area contributed by atoms with Crippen molar-refractivity contribution in [2.45, 2.75) is 0 Å². The molecule has 2 rings (SSSR count). The molecule has 0 bridgehead atoms. The Morgan fingerprint density at radius 3 is 2.69 bits per heavy atom. The van der Waals surface area contributed by atoms with E-state index < -0.39 is 0 Å². The Kier molecular flexibility index (Phi) is 2.07. The van der Waals surface area contributed by atoms with E-state index in [1.165, 1.54) is 6.07 Å². The number of benzene rings is 1. The molecule has 0 spiro atoms. The third kappa shape index (κ3) is 1.45. The number of aromatic amines is 1. The molecular formula is C10H7ClFN. The molecule has 1 aromatic carbocycles. The molecule has 0 saturated heterocycles. The van der Waals surface area contributed by atoms with E-state index in [0.29, 0.717) is 5.56 Å². The molecule has 0 saturated carbocycles. The van der Waals surface area contributed by atoms with Crippen LogP contribution < -0.4 is 0 Å². The van der Waals surface area contributed by atoms with Crippen molar-refractivity contribution in [2.75, 3.05) is 0 Å². The van der Waals surface area contributed by atoms with Crippen LogP contribution in [0.2, 0.25) is 5.02 Å². The van der Waals surface area contributed by atoms with Gasteiger partial charge in [-0.1, -0.05) is 17.7 Å². The van der Waals surface area contributed by atoms with Gasteiger partial charge in [-0.25, -0.2) is 4.39 Å². The van der Waals surface area contributed by atoms with Gasteiger partial charge < -0.3 is 4.98 Å². The Balaban J connectivity index is 2.59. The van der Waals surface area contributed by atoms with Gasteiger partial charge in [0.05, 0.1) is 5.02 Å². The van der Waals surface area contributed by atoms with Gasteiger partial charge in [0.25, 0.3) is 0 Å². The zero-order valence-electron chi connectivity index (χ0n) is 6.72. The van der Waals surface area contributed by atoms with Crippen LogP contribution in [0.15, 0.2) is 36.5 Å². The Hall–Kier alpha value is -1.28. The molecule has 1 N–H and O–H groups in total. The van der Waals surface area contributed by atoms with Crippen molar-refractivity contribution in [3.8, 4) is 11.3 Å². The maximum Gasteiger partial charge on any atom is 0.151 e. The van der Waals surface area contributed by atoms with Crippen LogP contribution in [0.25, 0.3) is 11.3 Å². The zero-order valence-corrected chi connectivity index (χ0v) is 7.48. The minimum Gasteiger partial charge on any atom is -0.361 e. The zero-order chi connectivity index (χ0) is 9.26. The first-order chi connectivity index (χ1) is 6.29. The van der Waals surface area contributed by atoms with E-state index in [-0.39, 0.29) is 10.8 Å². The molecule has 0 aliphatic heterocycles.